The third-order valence-corrected chi connectivity index (χ3v) is 3.43. The van der Waals surface area contributed by atoms with Crippen LogP contribution in [0.2, 0.25) is 0 Å². The molecule has 1 aliphatic heterocycles. The number of likely N-dealkylation sites (tertiary alicyclic amines) is 1. The zero-order chi connectivity index (χ0) is 12.3. The van der Waals surface area contributed by atoms with Crippen molar-refractivity contribution < 1.29 is 0 Å². The Bertz CT molecular complexity index is 349. The fourth-order valence-electron chi connectivity index (χ4n) is 2.53. The molecule has 1 atom stereocenters. The molecule has 17 heavy (non-hydrogen) atoms. The molecule has 3 heteroatoms. The van der Waals surface area contributed by atoms with Crippen molar-refractivity contribution in [3.63, 3.8) is 0 Å². The molecule has 94 valence electrons. The van der Waals surface area contributed by atoms with E-state index in [1.807, 2.05) is 12.1 Å². The number of rotatable bonds is 4. The number of para-hydroxylation sites is 1. The summed E-state index contributed by atoms with van der Waals surface area (Å²) in [5.74, 6) is 0. The van der Waals surface area contributed by atoms with Crippen molar-refractivity contribution in [2.75, 3.05) is 30.7 Å². The average molecular weight is 233 g/mol. The Morgan fingerprint density at radius 2 is 2.06 bits per heavy atom. The summed E-state index contributed by atoms with van der Waals surface area (Å²) in [5, 5.41) is 3.54. The number of aryl methyl sites for hydroxylation is 1. The van der Waals surface area contributed by atoms with Crippen molar-refractivity contribution in [3.05, 3.63) is 23.8 Å². The molecule has 0 aromatic heterocycles. The highest BCUT2D eigenvalue weighted by Gasteiger charge is 2.15. The van der Waals surface area contributed by atoms with Gasteiger partial charge in [0, 0.05) is 12.6 Å². The lowest BCUT2D eigenvalue weighted by atomic mass is 10.1. The van der Waals surface area contributed by atoms with E-state index in [1.54, 1.807) is 0 Å². The minimum atomic E-state index is 0.441. The Morgan fingerprint density at radius 1 is 1.35 bits per heavy atom. The van der Waals surface area contributed by atoms with Crippen LogP contribution in [0, 0.1) is 6.92 Å². The third-order valence-electron chi connectivity index (χ3n) is 3.43. The normalized spacial score (nSPS) is 18.2. The number of benzene rings is 1. The first-order valence-electron chi connectivity index (χ1n) is 6.51. The lowest BCUT2D eigenvalue weighted by Gasteiger charge is -2.23. The van der Waals surface area contributed by atoms with Crippen LogP contribution in [-0.4, -0.2) is 30.6 Å². The minimum absolute atomic E-state index is 0.441. The maximum atomic E-state index is 6.00. The van der Waals surface area contributed by atoms with Crippen LogP contribution in [0.1, 0.15) is 25.3 Å². The van der Waals surface area contributed by atoms with Gasteiger partial charge in [-0.3, -0.25) is 0 Å². The Kier molecular flexibility index (Phi) is 3.89. The molecule has 1 saturated heterocycles. The van der Waals surface area contributed by atoms with Crippen molar-refractivity contribution in [1.29, 1.82) is 0 Å². The van der Waals surface area contributed by atoms with Crippen LogP contribution < -0.4 is 11.1 Å². The molecule has 0 bridgehead atoms. The van der Waals surface area contributed by atoms with E-state index in [2.05, 4.69) is 30.1 Å². The minimum Gasteiger partial charge on any atom is -0.397 e. The maximum absolute atomic E-state index is 6.00. The van der Waals surface area contributed by atoms with Crippen molar-refractivity contribution in [3.8, 4) is 0 Å². The summed E-state index contributed by atoms with van der Waals surface area (Å²) in [6.07, 6.45) is 2.69. The smallest absolute Gasteiger partial charge is 0.0606 e. The summed E-state index contributed by atoms with van der Waals surface area (Å²) in [5.41, 5.74) is 9.16. The van der Waals surface area contributed by atoms with E-state index in [4.69, 9.17) is 5.73 Å². The highest BCUT2D eigenvalue weighted by Crippen LogP contribution is 2.23. The zero-order valence-electron chi connectivity index (χ0n) is 10.9. The Balaban J connectivity index is 1.95. The second kappa shape index (κ2) is 5.41. The zero-order valence-corrected chi connectivity index (χ0v) is 10.9. The molecule has 0 radical (unpaired) electrons. The summed E-state index contributed by atoms with van der Waals surface area (Å²) in [6, 6.07) is 6.50. The van der Waals surface area contributed by atoms with Crippen LogP contribution in [0.3, 0.4) is 0 Å². The topological polar surface area (TPSA) is 41.3 Å². The van der Waals surface area contributed by atoms with Gasteiger partial charge in [-0.15, -0.1) is 0 Å². The van der Waals surface area contributed by atoms with Gasteiger partial charge in [0.1, 0.15) is 0 Å². The molecular weight excluding hydrogens is 210 g/mol. The van der Waals surface area contributed by atoms with E-state index in [-0.39, 0.29) is 0 Å². The van der Waals surface area contributed by atoms with Gasteiger partial charge >= 0.3 is 0 Å². The molecule has 0 saturated carbocycles. The number of anilines is 2. The second-order valence-corrected chi connectivity index (χ2v) is 5.09. The predicted octanol–water partition coefficient (Wildman–Crippen LogP) is 2.47. The average Bonchev–Trinajstić information content (AvgIpc) is 2.76. The highest BCUT2D eigenvalue weighted by atomic mass is 15.2. The molecule has 0 spiro atoms. The van der Waals surface area contributed by atoms with Crippen LogP contribution in [-0.2, 0) is 0 Å². The van der Waals surface area contributed by atoms with E-state index in [0.717, 1.165) is 17.9 Å². The summed E-state index contributed by atoms with van der Waals surface area (Å²) in [6.45, 7) is 7.92. The first kappa shape index (κ1) is 12.2. The van der Waals surface area contributed by atoms with Gasteiger partial charge in [0.25, 0.3) is 0 Å². The molecule has 1 aromatic rings. The van der Waals surface area contributed by atoms with E-state index >= 15 is 0 Å². The number of nitrogens with zero attached hydrogens (tertiary/aromatic N) is 1. The van der Waals surface area contributed by atoms with E-state index in [0.29, 0.717) is 6.04 Å². The Labute approximate surface area is 104 Å². The Morgan fingerprint density at radius 3 is 2.71 bits per heavy atom. The molecule has 3 N–H and O–H groups in total. The van der Waals surface area contributed by atoms with Gasteiger partial charge in [-0.25, -0.2) is 0 Å². The number of nitrogens with two attached hydrogens (primary N) is 1. The quantitative estimate of drug-likeness (QED) is 0.785. The van der Waals surface area contributed by atoms with Gasteiger partial charge in [-0.1, -0.05) is 12.1 Å². The lowest BCUT2D eigenvalue weighted by Crippen LogP contribution is -2.33. The summed E-state index contributed by atoms with van der Waals surface area (Å²) in [7, 11) is 0. The number of nitrogen functional groups attached to an aromatic ring is 1. The van der Waals surface area contributed by atoms with Crippen LogP contribution in [0.4, 0.5) is 11.4 Å². The highest BCUT2D eigenvalue weighted by molar-refractivity contribution is 5.70. The van der Waals surface area contributed by atoms with Gasteiger partial charge in [0.2, 0.25) is 0 Å². The molecule has 3 nitrogen and oxygen atoms in total. The summed E-state index contributed by atoms with van der Waals surface area (Å²) in [4.78, 5) is 2.52. The molecular formula is C14H23N3. The van der Waals surface area contributed by atoms with Gasteiger partial charge in [-0.2, -0.15) is 0 Å². The van der Waals surface area contributed by atoms with Crippen LogP contribution in [0.15, 0.2) is 18.2 Å². The van der Waals surface area contributed by atoms with Gasteiger partial charge in [0.15, 0.2) is 0 Å². The number of nitrogens with one attached hydrogen (secondary N) is 1. The van der Waals surface area contributed by atoms with Crippen molar-refractivity contribution in [2.45, 2.75) is 32.7 Å². The molecule has 0 aliphatic carbocycles. The summed E-state index contributed by atoms with van der Waals surface area (Å²) >= 11 is 0. The molecule has 1 unspecified atom stereocenters. The maximum Gasteiger partial charge on any atom is 0.0606 e. The largest absolute Gasteiger partial charge is 0.397 e. The first-order valence-corrected chi connectivity index (χ1v) is 6.51. The van der Waals surface area contributed by atoms with Crippen LogP contribution in [0.25, 0.3) is 0 Å². The molecule has 1 aromatic carbocycles. The molecule has 1 heterocycles. The fourth-order valence-corrected chi connectivity index (χ4v) is 2.53. The van der Waals surface area contributed by atoms with Crippen molar-refractivity contribution in [2.24, 2.45) is 0 Å². The van der Waals surface area contributed by atoms with Crippen molar-refractivity contribution >= 4 is 11.4 Å². The van der Waals surface area contributed by atoms with Gasteiger partial charge in [0.05, 0.1) is 11.4 Å². The summed E-state index contributed by atoms with van der Waals surface area (Å²) < 4.78 is 0. The van der Waals surface area contributed by atoms with Crippen LogP contribution >= 0.6 is 0 Å². The van der Waals surface area contributed by atoms with Crippen LogP contribution in [0.5, 0.6) is 0 Å². The third kappa shape index (κ3) is 3.13. The number of hydrogen-bond acceptors (Lipinski definition) is 3. The molecule has 2 rings (SSSR count). The standard InChI is InChI=1S/C14H23N3/c1-11-6-5-7-13(15)14(11)16-12(2)10-17-8-3-4-9-17/h5-7,12,16H,3-4,8-10,15H2,1-2H3. The van der Waals surface area contributed by atoms with E-state index in [9.17, 15) is 0 Å². The fraction of sp³-hybridized carbons (Fsp3) is 0.571. The molecule has 1 aliphatic rings. The first-order chi connectivity index (χ1) is 8.16. The Hall–Kier alpha value is -1.22. The SMILES string of the molecule is Cc1cccc(N)c1NC(C)CN1CCCC1. The van der Waals surface area contributed by atoms with E-state index in [1.165, 1.54) is 31.5 Å². The van der Waals surface area contributed by atoms with E-state index < -0.39 is 0 Å². The lowest BCUT2D eigenvalue weighted by molar-refractivity contribution is 0.328. The van der Waals surface area contributed by atoms with Gasteiger partial charge in [-0.05, 0) is 51.4 Å². The van der Waals surface area contributed by atoms with Crippen molar-refractivity contribution in [1.82, 2.24) is 4.90 Å². The second-order valence-electron chi connectivity index (χ2n) is 5.09. The predicted molar refractivity (Wildman–Crippen MR) is 74.4 cm³/mol. The monoisotopic (exact) mass is 233 g/mol. The molecule has 1 fully saturated rings. The van der Waals surface area contributed by atoms with Gasteiger partial charge < -0.3 is 16.0 Å². The molecule has 0 amide bonds. The number of hydrogen-bond donors (Lipinski definition) is 2.